The van der Waals surface area contributed by atoms with Crippen molar-refractivity contribution in [1.82, 2.24) is 5.32 Å². The summed E-state index contributed by atoms with van der Waals surface area (Å²) in [6.45, 7) is 9.82. The van der Waals surface area contributed by atoms with Crippen LogP contribution in [0.1, 0.15) is 27.7 Å². The van der Waals surface area contributed by atoms with E-state index in [1.165, 1.54) is 16.8 Å². The average molecular weight is 151 g/mol. The van der Waals surface area contributed by atoms with Crippen LogP contribution in [0.25, 0.3) is 0 Å². The Morgan fingerprint density at radius 2 is 2.00 bits per heavy atom. The van der Waals surface area contributed by atoms with Gasteiger partial charge in [0.1, 0.15) is 0 Å². The van der Waals surface area contributed by atoms with E-state index in [4.69, 9.17) is 0 Å². The van der Waals surface area contributed by atoms with E-state index in [0.717, 1.165) is 6.54 Å². The zero-order chi connectivity index (χ0) is 8.43. The molecule has 0 bridgehead atoms. The van der Waals surface area contributed by atoms with E-state index >= 15 is 0 Å². The van der Waals surface area contributed by atoms with Crippen LogP contribution < -0.4 is 5.32 Å². The summed E-state index contributed by atoms with van der Waals surface area (Å²) in [6.07, 6.45) is 2.24. The molecule has 0 saturated heterocycles. The molecular formula is C10H17N. The highest BCUT2D eigenvalue weighted by atomic mass is 14.9. The van der Waals surface area contributed by atoms with E-state index in [-0.39, 0.29) is 0 Å². The molecule has 1 N–H and O–H groups in total. The molecule has 0 aromatic rings. The molecule has 1 aliphatic heterocycles. The maximum absolute atomic E-state index is 3.40. The second kappa shape index (κ2) is 3.12. The van der Waals surface area contributed by atoms with Crippen LogP contribution in [0.2, 0.25) is 0 Å². The highest BCUT2D eigenvalue weighted by Crippen LogP contribution is 2.20. The smallest absolute Gasteiger partial charge is 0.0333 e. The predicted octanol–water partition coefficient (Wildman–Crippen LogP) is 2.47. The summed E-state index contributed by atoms with van der Waals surface area (Å²) < 4.78 is 0. The Balaban J connectivity index is 2.91. The van der Waals surface area contributed by atoms with Gasteiger partial charge in [0.05, 0.1) is 0 Å². The first-order valence-corrected chi connectivity index (χ1v) is 4.24. The minimum absolute atomic E-state index is 0.624. The molecule has 1 rings (SSSR count). The van der Waals surface area contributed by atoms with Gasteiger partial charge in [-0.25, -0.2) is 0 Å². The number of nitrogens with one attached hydrogen (secondary N) is 1. The second-order valence-electron chi connectivity index (χ2n) is 3.46. The molecule has 0 fully saturated rings. The van der Waals surface area contributed by atoms with Crippen LogP contribution in [-0.4, -0.2) is 6.54 Å². The van der Waals surface area contributed by atoms with Gasteiger partial charge in [0.25, 0.3) is 0 Å². The van der Waals surface area contributed by atoms with E-state index < -0.39 is 0 Å². The number of hydrogen-bond acceptors (Lipinski definition) is 1. The number of dihydropyridines is 1. The van der Waals surface area contributed by atoms with Gasteiger partial charge in [-0.05, 0) is 30.9 Å². The monoisotopic (exact) mass is 151 g/mol. The molecule has 0 amide bonds. The molecule has 0 saturated carbocycles. The highest BCUT2D eigenvalue weighted by Gasteiger charge is 2.10. The fourth-order valence-electron chi connectivity index (χ4n) is 1.45. The van der Waals surface area contributed by atoms with E-state index in [1.807, 2.05) is 0 Å². The van der Waals surface area contributed by atoms with Crippen LogP contribution in [0.3, 0.4) is 0 Å². The Morgan fingerprint density at radius 1 is 1.36 bits per heavy atom. The number of rotatable bonds is 1. The quantitative estimate of drug-likeness (QED) is 0.607. The van der Waals surface area contributed by atoms with Crippen LogP contribution >= 0.6 is 0 Å². The second-order valence-corrected chi connectivity index (χ2v) is 3.46. The van der Waals surface area contributed by atoms with Crippen molar-refractivity contribution < 1.29 is 0 Å². The van der Waals surface area contributed by atoms with Gasteiger partial charge < -0.3 is 5.32 Å². The fourth-order valence-corrected chi connectivity index (χ4v) is 1.45. The topological polar surface area (TPSA) is 12.0 Å². The van der Waals surface area contributed by atoms with Crippen molar-refractivity contribution in [2.45, 2.75) is 27.7 Å². The summed E-state index contributed by atoms with van der Waals surface area (Å²) in [5, 5.41) is 3.40. The van der Waals surface area contributed by atoms with E-state index in [9.17, 15) is 0 Å². The van der Waals surface area contributed by atoms with E-state index in [0.29, 0.717) is 5.92 Å². The Hall–Kier alpha value is -0.720. The van der Waals surface area contributed by atoms with Crippen LogP contribution in [-0.2, 0) is 0 Å². The van der Waals surface area contributed by atoms with Crippen LogP contribution in [0.4, 0.5) is 0 Å². The Bertz CT molecular complexity index is 209. The molecule has 0 unspecified atom stereocenters. The van der Waals surface area contributed by atoms with Crippen molar-refractivity contribution in [2.24, 2.45) is 5.92 Å². The summed E-state index contributed by atoms with van der Waals surface area (Å²) in [7, 11) is 0. The molecule has 1 heterocycles. The standard InChI is InChI=1S/C10H17N/c1-7(2)10-9(4)8(3)5-6-11-10/h5,7,11H,6H2,1-4H3. The molecule has 11 heavy (non-hydrogen) atoms. The Morgan fingerprint density at radius 3 is 2.45 bits per heavy atom. The Kier molecular flexibility index (Phi) is 2.38. The molecule has 1 nitrogen and oxygen atoms in total. The third-order valence-corrected chi connectivity index (χ3v) is 2.27. The molecule has 62 valence electrons. The summed E-state index contributed by atoms with van der Waals surface area (Å²) >= 11 is 0. The maximum atomic E-state index is 3.40. The van der Waals surface area contributed by atoms with Crippen molar-refractivity contribution in [3.05, 3.63) is 22.9 Å². The minimum Gasteiger partial charge on any atom is -0.384 e. The van der Waals surface area contributed by atoms with Gasteiger partial charge in [0.2, 0.25) is 0 Å². The van der Waals surface area contributed by atoms with Gasteiger partial charge >= 0.3 is 0 Å². The van der Waals surface area contributed by atoms with E-state index in [2.05, 4.69) is 39.1 Å². The lowest BCUT2D eigenvalue weighted by Crippen LogP contribution is -2.22. The summed E-state index contributed by atoms with van der Waals surface area (Å²) in [5.41, 5.74) is 4.25. The third-order valence-electron chi connectivity index (χ3n) is 2.27. The normalized spacial score (nSPS) is 18.5. The van der Waals surface area contributed by atoms with Crippen LogP contribution in [0.15, 0.2) is 22.9 Å². The van der Waals surface area contributed by atoms with Crippen LogP contribution in [0, 0.1) is 5.92 Å². The van der Waals surface area contributed by atoms with Gasteiger partial charge in [-0.2, -0.15) is 0 Å². The lowest BCUT2D eigenvalue weighted by Gasteiger charge is -2.22. The molecule has 1 heteroatoms. The summed E-state index contributed by atoms with van der Waals surface area (Å²) in [5.74, 6) is 0.624. The van der Waals surface area contributed by atoms with Crippen LogP contribution in [0.5, 0.6) is 0 Å². The molecule has 0 aliphatic carbocycles. The van der Waals surface area contributed by atoms with Crippen molar-refractivity contribution in [2.75, 3.05) is 6.54 Å². The van der Waals surface area contributed by atoms with Gasteiger partial charge in [-0.3, -0.25) is 0 Å². The lowest BCUT2D eigenvalue weighted by molar-refractivity contribution is 0.660. The maximum Gasteiger partial charge on any atom is 0.0333 e. The first-order valence-electron chi connectivity index (χ1n) is 4.24. The number of hydrogen-bond donors (Lipinski definition) is 1. The SMILES string of the molecule is CC1=CCNC(C(C)C)=C1C. The largest absolute Gasteiger partial charge is 0.384 e. The molecule has 0 radical (unpaired) electrons. The average Bonchev–Trinajstić information content (AvgIpc) is 1.94. The van der Waals surface area contributed by atoms with Crippen molar-refractivity contribution in [3.63, 3.8) is 0 Å². The number of allylic oxidation sites excluding steroid dienone is 3. The molecular weight excluding hydrogens is 134 g/mol. The molecule has 0 atom stereocenters. The van der Waals surface area contributed by atoms with Gasteiger partial charge in [-0.15, -0.1) is 0 Å². The molecule has 0 aromatic heterocycles. The first kappa shape index (κ1) is 8.38. The van der Waals surface area contributed by atoms with Gasteiger partial charge in [-0.1, -0.05) is 19.9 Å². The fraction of sp³-hybridized carbons (Fsp3) is 0.600. The van der Waals surface area contributed by atoms with E-state index in [1.54, 1.807) is 0 Å². The Labute approximate surface area is 69.2 Å². The predicted molar refractivity (Wildman–Crippen MR) is 49.3 cm³/mol. The summed E-state index contributed by atoms with van der Waals surface area (Å²) in [4.78, 5) is 0. The highest BCUT2D eigenvalue weighted by molar-refractivity contribution is 5.35. The zero-order valence-electron chi connectivity index (χ0n) is 7.86. The van der Waals surface area contributed by atoms with Gasteiger partial charge in [0, 0.05) is 12.2 Å². The third kappa shape index (κ3) is 1.65. The summed E-state index contributed by atoms with van der Waals surface area (Å²) in [6, 6.07) is 0. The molecule has 0 spiro atoms. The first-order chi connectivity index (χ1) is 5.13. The molecule has 1 aliphatic rings. The van der Waals surface area contributed by atoms with Crippen molar-refractivity contribution in [3.8, 4) is 0 Å². The van der Waals surface area contributed by atoms with Crippen molar-refractivity contribution >= 4 is 0 Å². The van der Waals surface area contributed by atoms with Crippen molar-refractivity contribution in [1.29, 1.82) is 0 Å². The van der Waals surface area contributed by atoms with Gasteiger partial charge in [0.15, 0.2) is 0 Å². The lowest BCUT2D eigenvalue weighted by atomic mass is 9.97. The zero-order valence-corrected chi connectivity index (χ0v) is 7.86. The minimum atomic E-state index is 0.624. The molecule has 0 aromatic carbocycles.